The molecule has 3 saturated heterocycles. The zero-order chi connectivity index (χ0) is 35.9. The lowest BCUT2D eigenvalue weighted by Gasteiger charge is -2.47. The Balaban J connectivity index is 1.32. The Bertz CT molecular complexity index is 1790. The Labute approximate surface area is 303 Å². The van der Waals surface area contributed by atoms with Crippen molar-refractivity contribution in [2.24, 2.45) is 11.3 Å². The molecular weight excluding hydrogens is 677 g/mol. The molecule has 14 heteroatoms. The number of nitrogens with two attached hydrogens (primary N) is 1. The molecule has 7 rings (SSSR count). The number of anilines is 2. The maximum Gasteiger partial charge on any atom is 0.319 e. The van der Waals surface area contributed by atoms with Gasteiger partial charge in [-0.25, -0.2) is 9.37 Å². The number of rotatable bonds is 9. The molecule has 1 aromatic carbocycles. The van der Waals surface area contributed by atoms with E-state index in [2.05, 4.69) is 9.88 Å². The average molecular weight is 726 g/mol. The Morgan fingerprint density at radius 2 is 1.92 bits per heavy atom. The highest BCUT2D eigenvalue weighted by Crippen LogP contribution is 2.49. The van der Waals surface area contributed by atoms with Crippen LogP contribution in [-0.2, 0) is 9.47 Å². The number of ether oxygens (including phenoxy) is 4. The minimum Gasteiger partial charge on any atom is -0.480 e. The van der Waals surface area contributed by atoms with Gasteiger partial charge >= 0.3 is 6.01 Å². The summed E-state index contributed by atoms with van der Waals surface area (Å²) in [6.45, 7) is 8.68. The highest BCUT2D eigenvalue weighted by Gasteiger charge is 2.49. The van der Waals surface area contributed by atoms with E-state index in [0.29, 0.717) is 48.1 Å². The topological polar surface area (TPSA) is 152 Å². The van der Waals surface area contributed by atoms with Crippen LogP contribution in [0.3, 0.4) is 0 Å². The molecule has 3 aromatic rings. The summed E-state index contributed by atoms with van der Waals surface area (Å²) in [5, 5.41) is 19.8. The predicted octanol–water partition coefficient (Wildman–Crippen LogP) is 5.41. The van der Waals surface area contributed by atoms with E-state index in [1.165, 1.54) is 7.11 Å². The molecule has 0 radical (unpaired) electrons. The fraction of sp³-hybridized carbons (Fsp3) is 0.622. The quantitative estimate of drug-likeness (QED) is 0.192. The van der Waals surface area contributed by atoms with Gasteiger partial charge in [0.25, 0.3) is 0 Å². The number of nitrogen functional groups attached to an aromatic ring is 1. The van der Waals surface area contributed by atoms with E-state index in [4.69, 9.17) is 51.7 Å². The van der Waals surface area contributed by atoms with Crippen LogP contribution < -0.4 is 20.1 Å². The molecule has 5 heterocycles. The molecule has 0 spiro atoms. The standard InChI is InChI=1S/C37H49ClFN7O5/c1-22-25(38)16-26(41)24(17-40)28(22)31-30(39)32-29(34(42-31)48-3)33(46-12-15-50-20-36(2,47)19-46)44-35(43-32)51-21-37-9-4-6-27(37)45(11-5-10-37)18-23-7-13-49-14-8-23/h16-17,23,27,40,47H,4-15,18-21,41H2,1-3H3. The first-order valence-electron chi connectivity index (χ1n) is 18.1. The number of likely N-dealkylation sites (tertiary alicyclic amines) is 1. The minimum absolute atomic E-state index is 0.0385. The van der Waals surface area contributed by atoms with E-state index >= 15 is 4.39 Å². The van der Waals surface area contributed by atoms with E-state index in [1.807, 2.05) is 4.90 Å². The van der Waals surface area contributed by atoms with Gasteiger partial charge in [0.2, 0.25) is 5.88 Å². The van der Waals surface area contributed by atoms with Gasteiger partial charge in [-0.2, -0.15) is 9.97 Å². The third-order valence-electron chi connectivity index (χ3n) is 11.4. The number of aromatic nitrogens is 3. The van der Waals surface area contributed by atoms with Crippen LogP contribution in [-0.4, -0.2) is 109 Å². The molecule has 1 saturated carbocycles. The van der Waals surface area contributed by atoms with Crippen LogP contribution in [0.25, 0.3) is 22.2 Å². The van der Waals surface area contributed by atoms with Gasteiger partial charge in [0, 0.05) is 65.8 Å². The third-order valence-corrected chi connectivity index (χ3v) is 11.8. The number of benzene rings is 1. The maximum atomic E-state index is 17.1. The molecule has 276 valence electrons. The second-order valence-corrected chi connectivity index (χ2v) is 15.4. The van der Waals surface area contributed by atoms with E-state index in [0.717, 1.165) is 77.5 Å². The van der Waals surface area contributed by atoms with E-state index < -0.39 is 11.4 Å². The average Bonchev–Trinajstić information content (AvgIpc) is 3.47. The van der Waals surface area contributed by atoms with Crippen LogP contribution in [0.15, 0.2) is 6.07 Å². The SMILES string of the molecule is COc1nc(-c2c(C)c(Cl)cc(N)c2C=N)c(F)c2nc(OCC34CCCC3N(CC3CCOCC3)CCC4)nc(N3CCOCC(C)(O)C3)c12. The molecule has 4 aliphatic rings. The van der Waals surface area contributed by atoms with E-state index in [1.54, 1.807) is 19.9 Å². The van der Waals surface area contributed by atoms with Gasteiger partial charge in [-0.3, -0.25) is 4.90 Å². The van der Waals surface area contributed by atoms with E-state index in [9.17, 15) is 5.11 Å². The highest BCUT2D eigenvalue weighted by atomic mass is 35.5. The van der Waals surface area contributed by atoms with Crippen LogP contribution in [0.2, 0.25) is 5.02 Å². The number of methoxy groups -OCH3 is 1. The van der Waals surface area contributed by atoms with Gasteiger partial charge in [-0.1, -0.05) is 18.0 Å². The fourth-order valence-corrected chi connectivity index (χ4v) is 9.05. The Morgan fingerprint density at radius 1 is 1.14 bits per heavy atom. The molecule has 12 nitrogen and oxygen atoms in total. The largest absolute Gasteiger partial charge is 0.480 e. The zero-order valence-corrected chi connectivity index (χ0v) is 30.5. The Morgan fingerprint density at radius 3 is 2.69 bits per heavy atom. The van der Waals surface area contributed by atoms with Crippen molar-refractivity contribution in [1.29, 1.82) is 5.41 Å². The number of pyridine rings is 1. The van der Waals surface area contributed by atoms with Crippen molar-refractivity contribution < 1.29 is 28.4 Å². The highest BCUT2D eigenvalue weighted by molar-refractivity contribution is 6.32. The molecule has 1 aliphatic carbocycles. The molecule has 0 amide bonds. The van der Waals surface area contributed by atoms with Gasteiger partial charge in [-0.15, -0.1) is 0 Å². The monoisotopic (exact) mass is 725 g/mol. The van der Waals surface area contributed by atoms with Crippen molar-refractivity contribution in [2.75, 3.05) is 77.0 Å². The van der Waals surface area contributed by atoms with Crippen LogP contribution in [0.4, 0.5) is 15.9 Å². The summed E-state index contributed by atoms with van der Waals surface area (Å²) in [5.41, 5.74) is 6.14. The number of fused-ring (bicyclic) bond motifs is 2. The first kappa shape index (κ1) is 36.0. The normalized spacial score (nSPS) is 26.2. The predicted molar refractivity (Wildman–Crippen MR) is 195 cm³/mol. The summed E-state index contributed by atoms with van der Waals surface area (Å²) >= 11 is 6.53. The molecule has 3 aliphatic heterocycles. The zero-order valence-electron chi connectivity index (χ0n) is 29.8. The number of aliphatic hydroxyl groups is 1. The third kappa shape index (κ3) is 6.95. The van der Waals surface area contributed by atoms with Crippen molar-refractivity contribution in [3.8, 4) is 23.1 Å². The number of hydrogen-bond acceptors (Lipinski definition) is 12. The fourth-order valence-electron chi connectivity index (χ4n) is 8.84. The van der Waals surface area contributed by atoms with Gasteiger partial charge in [0.15, 0.2) is 5.82 Å². The summed E-state index contributed by atoms with van der Waals surface area (Å²) in [5.74, 6) is 0.300. The molecule has 3 unspecified atom stereocenters. The molecule has 3 atom stereocenters. The summed E-state index contributed by atoms with van der Waals surface area (Å²) in [7, 11) is 1.45. The first-order chi connectivity index (χ1) is 24.5. The van der Waals surface area contributed by atoms with Crippen molar-refractivity contribution in [1.82, 2.24) is 19.9 Å². The molecular formula is C37H49ClFN7O5. The summed E-state index contributed by atoms with van der Waals surface area (Å²) in [4.78, 5) is 18.8. The second-order valence-electron chi connectivity index (χ2n) is 15.0. The number of halogens is 2. The lowest BCUT2D eigenvalue weighted by molar-refractivity contribution is -0.0203. The van der Waals surface area contributed by atoms with E-state index in [-0.39, 0.29) is 63.9 Å². The number of nitrogens with zero attached hydrogens (tertiary/aromatic N) is 5. The van der Waals surface area contributed by atoms with Crippen LogP contribution in [0.5, 0.6) is 11.9 Å². The summed E-state index contributed by atoms with van der Waals surface area (Å²) in [6.07, 6.45) is 8.71. The molecule has 0 bridgehead atoms. The molecule has 51 heavy (non-hydrogen) atoms. The van der Waals surface area contributed by atoms with Crippen LogP contribution in [0, 0.1) is 29.5 Å². The maximum absolute atomic E-state index is 17.1. The Hall–Kier alpha value is -3.36. The number of β-amino-alcohol motifs (C(OH)–C–C–N with tert-alkyl or cyclic N) is 1. The van der Waals surface area contributed by atoms with Crippen molar-refractivity contribution in [2.45, 2.75) is 70.4 Å². The van der Waals surface area contributed by atoms with Crippen LogP contribution in [0.1, 0.15) is 63.0 Å². The molecule has 2 aromatic heterocycles. The summed E-state index contributed by atoms with van der Waals surface area (Å²) < 4.78 is 40.9. The summed E-state index contributed by atoms with van der Waals surface area (Å²) in [6, 6.07) is 1.98. The second kappa shape index (κ2) is 14.6. The molecule has 4 fully saturated rings. The van der Waals surface area contributed by atoms with Gasteiger partial charge in [0.1, 0.15) is 28.0 Å². The van der Waals surface area contributed by atoms with Gasteiger partial charge < -0.3 is 40.1 Å². The van der Waals surface area contributed by atoms with Crippen molar-refractivity contribution in [3.63, 3.8) is 0 Å². The lowest BCUT2D eigenvalue weighted by Crippen LogP contribution is -2.53. The number of piperidine rings is 1. The minimum atomic E-state index is -1.20. The number of nitrogens with one attached hydrogen (secondary N) is 1. The Kier molecular flexibility index (Phi) is 10.3. The van der Waals surface area contributed by atoms with Gasteiger partial charge in [-0.05, 0) is 76.5 Å². The van der Waals surface area contributed by atoms with Gasteiger partial charge in [0.05, 0.1) is 33.5 Å². The van der Waals surface area contributed by atoms with Crippen LogP contribution >= 0.6 is 11.6 Å². The van der Waals surface area contributed by atoms with Crippen molar-refractivity contribution in [3.05, 3.63) is 28.0 Å². The lowest BCUT2D eigenvalue weighted by atomic mass is 9.75. The van der Waals surface area contributed by atoms with Crippen molar-refractivity contribution >= 4 is 40.2 Å². The molecule has 4 N–H and O–H groups in total. The number of hydrogen-bond donors (Lipinski definition) is 3. The first-order valence-corrected chi connectivity index (χ1v) is 18.5. The smallest absolute Gasteiger partial charge is 0.319 e.